The van der Waals surface area contributed by atoms with Crippen molar-refractivity contribution in [3.05, 3.63) is 29.8 Å². The summed E-state index contributed by atoms with van der Waals surface area (Å²) in [4.78, 5) is 25.0. The Labute approximate surface area is 183 Å². The Kier molecular flexibility index (Phi) is 5.33. The van der Waals surface area contributed by atoms with Crippen molar-refractivity contribution in [1.29, 1.82) is 0 Å². The molecule has 1 aliphatic heterocycles. The predicted octanol–water partition coefficient (Wildman–Crippen LogP) is 2.57. The third kappa shape index (κ3) is 3.67. The van der Waals surface area contributed by atoms with E-state index in [0.29, 0.717) is 36.8 Å². The number of hydrogen-bond donors (Lipinski definition) is 1. The molecule has 4 saturated carbocycles. The molecule has 0 aromatic heterocycles. The Bertz CT molecular complexity index is 946. The van der Waals surface area contributed by atoms with Gasteiger partial charge in [0.15, 0.2) is 0 Å². The summed E-state index contributed by atoms with van der Waals surface area (Å²) < 4.78 is 32.5. The number of hydrogen-bond acceptors (Lipinski definition) is 5. The molecule has 0 spiro atoms. The van der Waals surface area contributed by atoms with E-state index in [1.165, 1.54) is 67.8 Å². The molecule has 1 N–H and O–H groups in total. The van der Waals surface area contributed by atoms with Crippen molar-refractivity contribution in [2.75, 3.05) is 13.7 Å². The van der Waals surface area contributed by atoms with Crippen LogP contribution in [0.15, 0.2) is 29.2 Å². The second kappa shape index (κ2) is 7.89. The summed E-state index contributed by atoms with van der Waals surface area (Å²) in [6.07, 6.45) is 7.39. The van der Waals surface area contributed by atoms with Crippen LogP contribution in [0.2, 0.25) is 0 Å². The lowest BCUT2D eigenvalue weighted by atomic mass is 9.54. The number of sulfonamides is 1. The Morgan fingerprint density at radius 3 is 2.19 bits per heavy atom. The quantitative estimate of drug-likeness (QED) is 0.702. The van der Waals surface area contributed by atoms with E-state index in [1.807, 2.05) is 0 Å². The molecule has 4 aliphatic carbocycles. The standard InChI is InChI=1S/C23H30N2O5S/c1-30-23(27)16-4-6-19(7-5-16)31(28,29)25-8-2-3-20(25)22(26)24-21-17-10-14-9-15(12-17)13-18(21)11-14/h4-7,14-15,17-18,20-21H,2-3,8-13H2,1H3,(H,24,26). The summed E-state index contributed by atoms with van der Waals surface area (Å²) in [5.41, 5.74) is 0.291. The minimum Gasteiger partial charge on any atom is -0.465 e. The molecule has 1 aromatic rings. The maximum atomic E-state index is 13.3. The van der Waals surface area contributed by atoms with Crippen molar-refractivity contribution >= 4 is 21.9 Å². The van der Waals surface area contributed by atoms with E-state index in [1.54, 1.807) is 0 Å². The van der Waals surface area contributed by atoms with Gasteiger partial charge in [0, 0.05) is 12.6 Å². The molecule has 8 heteroatoms. The third-order valence-electron chi connectivity index (χ3n) is 7.92. The van der Waals surface area contributed by atoms with E-state index in [-0.39, 0.29) is 16.8 Å². The zero-order valence-electron chi connectivity index (χ0n) is 17.8. The number of methoxy groups -OCH3 is 1. The van der Waals surface area contributed by atoms with Crippen LogP contribution in [0.5, 0.6) is 0 Å². The Balaban J connectivity index is 1.31. The van der Waals surface area contributed by atoms with Crippen LogP contribution in [-0.2, 0) is 19.6 Å². The van der Waals surface area contributed by atoms with Crippen LogP contribution in [-0.4, -0.2) is 50.3 Å². The van der Waals surface area contributed by atoms with Gasteiger partial charge >= 0.3 is 5.97 Å². The number of benzene rings is 1. The van der Waals surface area contributed by atoms with Crippen molar-refractivity contribution in [3.63, 3.8) is 0 Å². The molecule has 7 nitrogen and oxygen atoms in total. The first kappa shape index (κ1) is 20.9. The first-order chi connectivity index (χ1) is 14.9. The molecule has 0 radical (unpaired) electrons. The Hall–Kier alpha value is -1.93. The molecule has 4 bridgehead atoms. The first-order valence-corrected chi connectivity index (χ1v) is 12.8. The number of amides is 1. The third-order valence-corrected chi connectivity index (χ3v) is 9.85. The van der Waals surface area contributed by atoms with Gasteiger partial charge in [0.2, 0.25) is 15.9 Å². The fraction of sp³-hybridized carbons (Fsp3) is 0.652. The predicted molar refractivity (Wildman–Crippen MR) is 114 cm³/mol. The average Bonchev–Trinajstić information content (AvgIpc) is 3.26. The lowest BCUT2D eigenvalue weighted by Gasteiger charge is -2.54. The number of esters is 1. The summed E-state index contributed by atoms with van der Waals surface area (Å²) in [5.74, 6) is 2.09. The van der Waals surface area contributed by atoms with Crippen LogP contribution >= 0.6 is 0 Å². The minimum absolute atomic E-state index is 0.0921. The Morgan fingerprint density at radius 1 is 1.00 bits per heavy atom. The van der Waals surface area contributed by atoms with Gasteiger partial charge in [-0.2, -0.15) is 4.31 Å². The van der Waals surface area contributed by atoms with Crippen LogP contribution in [0, 0.1) is 23.7 Å². The molecule has 1 amide bonds. The molecule has 1 aromatic carbocycles. The highest BCUT2D eigenvalue weighted by atomic mass is 32.2. The van der Waals surface area contributed by atoms with Crippen molar-refractivity contribution in [3.8, 4) is 0 Å². The van der Waals surface area contributed by atoms with E-state index in [0.717, 1.165) is 11.8 Å². The molecule has 1 saturated heterocycles. The van der Waals surface area contributed by atoms with Gasteiger partial charge in [0.1, 0.15) is 6.04 Å². The number of ether oxygens (including phenoxy) is 1. The van der Waals surface area contributed by atoms with Crippen molar-refractivity contribution in [2.45, 2.75) is 61.9 Å². The van der Waals surface area contributed by atoms with E-state index in [4.69, 9.17) is 0 Å². The minimum atomic E-state index is -3.82. The average molecular weight is 447 g/mol. The number of nitrogens with one attached hydrogen (secondary N) is 1. The summed E-state index contributed by atoms with van der Waals surface area (Å²) in [5, 5.41) is 3.28. The van der Waals surface area contributed by atoms with Gasteiger partial charge in [-0.15, -0.1) is 0 Å². The Morgan fingerprint density at radius 2 is 1.61 bits per heavy atom. The maximum Gasteiger partial charge on any atom is 0.337 e. The summed E-state index contributed by atoms with van der Waals surface area (Å²) in [6.45, 7) is 0.334. The highest BCUT2D eigenvalue weighted by Gasteiger charge is 2.49. The highest BCUT2D eigenvalue weighted by Crippen LogP contribution is 2.53. The number of rotatable bonds is 5. The molecular weight excluding hydrogens is 416 g/mol. The monoisotopic (exact) mass is 446 g/mol. The maximum absolute atomic E-state index is 13.3. The molecule has 1 atom stereocenters. The molecule has 5 aliphatic rings. The summed E-state index contributed by atoms with van der Waals surface area (Å²) in [7, 11) is -2.54. The first-order valence-electron chi connectivity index (χ1n) is 11.4. The second-order valence-corrected chi connectivity index (χ2v) is 11.6. The fourth-order valence-electron chi connectivity index (χ4n) is 6.73. The van der Waals surface area contributed by atoms with Gasteiger partial charge in [-0.1, -0.05) is 0 Å². The van der Waals surface area contributed by atoms with Crippen LogP contribution in [0.4, 0.5) is 0 Å². The van der Waals surface area contributed by atoms with Crippen molar-refractivity contribution in [1.82, 2.24) is 9.62 Å². The van der Waals surface area contributed by atoms with Crippen LogP contribution in [0.25, 0.3) is 0 Å². The van der Waals surface area contributed by atoms with Crippen LogP contribution in [0.1, 0.15) is 55.3 Å². The van der Waals surface area contributed by atoms with Gasteiger partial charge in [-0.3, -0.25) is 4.79 Å². The fourth-order valence-corrected chi connectivity index (χ4v) is 8.38. The number of nitrogens with zero attached hydrogens (tertiary/aromatic N) is 1. The lowest BCUT2D eigenvalue weighted by molar-refractivity contribution is -0.128. The second-order valence-electron chi connectivity index (χ2n) is 9.75. The van der Waals surface area contributed by atoms with Gasteiger partial charge in [0.25, 0.3) is 0 Å². The molecule has 31 heavy (non-hydrogen) atoms. The zero-order valence-corrected chi connectivity index (χ0v) is 18.6. The van der Waals surface area contributed by atoms with Crippen molar-refractivity contribution < 1.29 is 22.7 Å². The van der Waals surface area contributed by atoms with E-state index in [9.17, 15) is 18.0 Å². The molecule has 6 rings (SSSR count). The topological polar surface area (TPSA) is 92.8 Å². The number of carbonyl (C=O) groups is 2. The smallest absolute Gasteiger partial charge is 0.337 e. The SMILES string of the molecule is COC(=O)c1ccc(S(=O)(=O)N2CCCC2C(=O)NC2C3CC4CC(C3)CC2C4)cc1. The lowest BCUT2D eigenvalue weighted by Crippen LogP contribution is -2.58. The van der Waals surface area contributed by atoms with Gasteiger partial charge in [-0.05, 0) is 92.9 Å². The van der Waals surface area contributed by atoms with Crippen LogP contribution in [0.3, 0.4) is 0 Å². The van der Waals surface area contributed by atoms with E-state index >= 15 is 0 Å². The zero-order chi connectivity index (χ0) is 21.8. The number of carbonyl (C=O) groups excluding carboxylic acids is 2. The van der Waals surface area contributed by atoms with Crippen LogP contribution < -0.4 is 5.32 Å². The molecule has 1 heterocycles. The van der Waals surface area contributed by atoms with E-state index < -0.39 is 22.0 Å². The molecule has 5 fully saturated rings. The normalized spacial score (nSPS) is 34.6. The largest absolute Gasteiger partial charge is 0.465 e. The highest BCUT2D eigenvalue weighted by molar-refractivity contribution is 7.89. The van der Waals surface area contributed by atoms with Gasteiger partial charge < -0.3 is 10.1 Å². The van der Waals surface area contributed by atoms with Gasteiger partial charge in [-0.25, -0.2) is 13.2 Å². The summed E-state index contributed by atoms with van der Waals surface area (Å²) >= 11 is 0. The summed E-state index contributed by atoms with van der Waals surface area (Å²) in [6, 6.07) is 5.24. The van der Waals surface area contributed by atoms with Gasteiger partial charge in [0.05, 0.1) is 17.6 Å². The molecular formula is C23H30N2O5S. The molecule has 168 valence electrons. The van der Waals surface area contributed by atoms with E-state index in [2.05, 4.69) is 10.1 Å². The molecule has 1 unspecified atom stereocenters. The van der Waals surface area contributed by atoms with Crippen molar-refractivity contribution in [2.24, 2.45) is 23.7 Å².